The quantitative estimate of drug-likeness (QED) is 0.133. The van der Waals surface area contributed by atoms with Gasteiger partial charge in [-0.15, -0.1) is 0 Å². The van der Waals surface area contributed by atoms with Crippen LogP contribution in [0, 0.1) is 50.2 Å². The first kappa shape index (κ1) is 47.6. The molecule has 0 amide bonds. The molecule has 8 N–H and O–H groups in total. The second-order valence-corrected chi connectivity index (χ2v) is 20.6. The molecule has 328 valence electrons. The third-order valence-corrected chi connectivity index (χ3v) is 17.2. The first-order chi connectivity index (χ1) is 26.8. The molecule has 16 nitrogen and oxygen atoms in total. The molecule has 17 heteroatoms. The van der Waals surface area contributed by atoms with Crippen molar-refractivity contribution in [3.05, 3.63) is 11.6 Å². The van der Waals surface area contributed by atoms with Crippen LogP contribution >= 0.6 is 0 Å². The van der Waals surface area contributed by atoms with Crippen molar-refractivity contribution >= 4 is 75.1 Å². The van der Waals surface area contributed by atoms with Gasteiger partial charge in [-0.2, -0.15) is 0 Å². The van der Waals surface area contributed by atoms with Gasteiger partial charge >= 0.3 is 69.3 Å². The summed E-state index contributed by atoms with van der Waals surface area (Å²) in [5, 5.41) is 83.0. The number of rotatable bonds is 7. The summed E-state index contributed by atoms with van der Waals surface area (Å²) in [5.74, 6) is -4.47. The molecular formula is C42H63KO16. The first-order valence-electron chi connectivity index (χ1n) is 20.7. The van der Waals surface area contributed by atoms with Crippen LogP contribution in [0.5, 0.6) is 0 Å². The number of aliphatic hydroxyl groups excluding tert-OH is 5. The molecule has 7 aliphatic rings. The number of ether oxygens (including phenoxy) is 4. The summed E-state index contributed by atoms with van der Waals surface area (Å²) in [7, 11) is 0. The van der Waals surface area contributed by atoms with Crippen molar-refractivity contribution in [3.63, 3.8) is 0 Å². The standard InChI is InChI=1S/C42H62O16.K.H/c1-37(2)21-8-11-42(7)31(20(43)16-18-19-17-39(4,36(53)54)13-12-38(19,3)14-15-41(18,42)6)40(21,5)10-9-22(37)55-35-30(26(47)25(46)29(57-35)33(51)52)58-34-27(48)23(44)24(45)28(56-34)32(49)50;;/h16,19,21-31,34-35,44-48H,8-15,17H2,1-7H3,(H,49,50)(H,51,52)(H,53,54);;/t19-,21-,22-,23-,24-,25-,26-,27+,28-,29-,30+,31+,34-,35-,38+,39-,40-,41+,42+;;/m0../s1. The maximum absolute atomic E-state index is 14.8. The fourth-order valence-electron chi connectivity index (χ4n) is 13.4. The van der Waals surface area contributed by atoms with E-state index in [2.05, 4.69) is 27.7 Å². The Morgan fingerprint density at radius 1 is 0.695 bits per heavy atom. The number of aliphatic hydroxyl groups is 5. The predicted octanol–water partition coefficient (Wildman–Crippen LogP) is 1.60. The molecular weight excluding hydrogens is 800 g/mol. The number of carboxylic acids is 3. The van der Waals surface area contributed by atoms with Gasteiger partial charge in [0.1, 0.15) is 36.6 Å². The number of carbonyl (C=O) groups is 4. The minimum absolute atomic E-state index is 0. The molecule has 2 aliphatic heterocycles. The summed E-state index contributed by atoms with van der Waals surface area (Å²) in [6.45, 7) is 14.8. The van der Waals surface area contributed by atoms with Gasteiger partial charge in [0, 0.05) is 5.92 Å². The Labute approximate surface area is 386 Å². The molecule has 0 radical (unpaired) electrons. The van der Waals surface area contributed by atoms with E-state index in [-0.39, 0.29) is 85.8 Å². The van der Waals surface area contributed by atoms with Crippen molar-refractivity contribution in [2.24, 2.45) is 50.2 Å². The van der Waals surface area contributed by atoms with Crippen LogP contribution in [0.25, 0.3) is 0 Å². The SMILES string of the molecule is CC1(C)[C@@H](O[C@H]2O[C@H](C(=O)O)[C@@H](O)[C@H](O)[C@H]2O[C@@H]2O[C@H](C(=O)O)[C@@H](O)[C@H](O)[C@H]2O)CC[C@]2(C)[C@H]3C(=O)C=C4[C@@H]5C[C@@](C)(C(=O)O)CC[C@]5(C)CC[C@@]4(C)[C@]3(C)CC[C@@H]12.[KH]. The van der Waals surface area contributed by atoms with Gasteiger partial charge in [0.15, 0.2) is 30.6 Å². The molecule has 0 spiro atoms. The Morgan fingerprint density at radius 3 is 1.86 bits per heavy atom. The molecule has 0 aromatic rings. The molecule has 19 atom stereocenters. The van der Waals surface area contributed by atoms with Crippen LogP contribution in [0.3, 0.4) is 0 Å². The van der Waals surface area contributed by atoms with E-state index in [9.17, 15) is 60.0 Å². The third-order valence-electron chi connectivity index (χ3n) is 17.2. The van der Waals surface area contributed by atoms with Gasteiger partial charge in [-0.05, 0) is 110 Å². The fraction of sp³-hybridized carbons (Fsp3) is 0.857. The van der Waals surface area contributed by atoms with E-state index in [4.69, 9.17) is 18.9 Å². The Bertz CT molecular complexity index is 1740. The number of carboxylic acid groups (broad SMARTS) is 3. The molecule has 59 heavy (non-hydrogen) atoms. The molecule has 0 aromatic heterocycles. The number of allylic oxidation sites excluding steroid dienone is 2. The normalized spacial score (nSPS) is 51.7. The number of carbonyl (C=O) groups excluding carboxylic acids is 1. The summed E-state index contributed by atoms with van der Waals surface area (Å²) in [6.07, 6.45) is -12.2. The van der Waals surface area contributed by atoms with Gasteiger partial charge in [0.25, 0.3) is 0 Å². The van der Waals surface area contributed by atoms with E-state index in [1.54, 1.807) is 0 Å². The second-order valence-electron chi connectivity index (χ2n) is 20.6. The summed E-state index contributed by atoms with van der Waals surface area (Å²) in [5.41, 5.74) is -1.81. The fourth-order valence-corrected chi connectivity index (χ4v) is 13.4. The van der Waals surface area contributed by atoms with Crippen LogP contribution in [-0.4, -0.2) is 183 Å². The van der Waals surface area contributed by atoms with Gasteiger partial charge in [0.05, 0.1) is 11.5 Å². The summed E-state index contributed by atoms with van der Waals surface area (Å²) in [6, 6.07) is 0. The van der Waals surface area contributed by atoms with Crippen molar-refractivity contribution < 1.29 is 79.0 Å². The van der Waals surface area contributed by atoms with Crippen LogP contribution in [0.4, 0.5) is 0 Å². The maximum atomic E-state index is 14.8. The Morgan fingerprint density at radius 2 is 1.27 bits per heavy atom. The third kappa shape index (κ3) is 7.21. The summed E-state index contributed by atoms with van der Waals surface area (Å²) < 4.78 is 23.4. The average Bonchev–Trinajstić information content (AvgIpc) is 3.13. The number of hydrogen-bond acceptors (Lipinski definition) is 13. The molecule has 7 rings (SSSR count). The molecule has 2 saturated heterocycles. The number of ketones is 1. The van der Waals surface area contributed by atoms with E-state index in [1.807, 2.05) is 26.8 Å². The van der Waals surface area contributed by atoms with Crippen LogP contribution in [-0.2, 0) is 38.1 Å². The van der Waals surface area contributed by atoms with Crippen molar-refractivity contribution in [3.8, 4) is 0 Å². The van der Waals surface area contributed by atoms with Crippen LogP contribution in [0.2, 0.25) is 0 Å². The van der Waals surface area contributed by atoms with Crippen LogP contribution in [0.1, 0.15) is 106 Å². The van der Waals surface area contributed by atoms with Gasteiger partial charge < -0.3 is 59.8 Å². The van der Waals surface area contributed by atoms with Crippen LogP contribution < -0.4 is 0 Å². The number of aliphatic carboxylic acids is 3. The Hall–Kier alpha value is -0.904. The van der Waals surface area contributed by atoms with Crippen molar-refractivity contribution in [1.82, 2.24) is 0 Å². The molecule has 5 aliphatic carbocycles. The topological polar surface area (TPSA) is 267 Å². The molecule has 4 saturated carbocycles. The monoisotopic (exact) mass is 862 g/mol. The van der Waals surface area contributed by atoms with Gasteiger partial charge in [-0.3, -0.25) is 9.59 Å². The molecule has 2 heterocycles. The zero-order valence-electron chi connectivity index (χ0n) is 34.4. The summed E-state index contributed by atoms with van der Waals surface area (Å²) >= 11 is 0. The molecule has 0 bridgehead atoms. The Kier molecular flexibility index (Phi) is 12.9. The van der Waals surface area contributed by atoms with Crippen molar-refractivity contribution in [1.29, 1.82) is 0 Å². The molecule has 0 aromatic carbocycles. The van der Waals surface area contributed by atoms with E-state index in [0.29, 0.717) is 25.7 Å². The minimum atomic E-state index is -2.05. The first-order valence-corrected chi connectivity index (χ1v) is 20.7. The van der Waals surface area contributed by atoms with Crippen molar-refractivity contribution in [2.45, 2.75) is 174 Å². The predicted molar refractivity (Wildman–Crippen MR) is 207 cm³/mol. The average molecular weight is 863 g/mol. The van der Waals surface area contributed by atoms with Gasteiger partial charge in [-0.1, -0.05) is 47.1 Å². The van der Waals surface area contributed by atoms with E-state index in [1.165, 1.54) is 0 Å². The number of fused-ring (bicyclic) bond motifs is 7. The summed E-state index contributed by atoms with van der Waals surface area (Å²) in [4.78, 5) is 51.3. The van der Waals surface area contributed by atoms with Crippen molar-refractivity contribution in [2.75, 3.05) is 0 Å². The second kappa shape index (κ2) is 16.0. The van der Waals surface area contributed by atoms with E-state index in [0.717, 1.165) is 37.7 Å². The van der Waals surface area contributed by atoms with E-state index >= 15 is 0 Å². The Balaban J connectivity index is 0.00000585. The number of hydrogen-bond donors (Lipinski definition) is 8. The van der Waals surface area contributed by atoms with Gasteiger partial charge in [0.2, 0.25) is 0 Å². The van der Waals surface area contributed by atoms with E-state index < -0.39 is 107 Å². The van der Waals surface area contributed by atoms with Gasteiger partial charge in [-0.25, -0.2) is 9.59 Å². The molecule has 6 fully saturated rings. The zero-order valence-corrected chi connectivity index (χ0v) is 34.4. The molecule has 0 unspecified atom stereocenters. The zero-order chi connectivity index (χ0) is 42.9. The van der Waals surface area contributed by atoms with Crippen LogP contribution in [0.15, 0.2) is 11.6 Å².